The highest BCUT2D eigenvalue weighted by atomic mass is 32.2. The number of hydrogen-bond acceptors (Lipinski definition) is 4. The number of hydrogen-bond donors (Lipinski definition) is 1. The van der Waals surface area contributed by atoms with Crippen LogP contribution in [0.4, 0.5) is 0 Å². The highest BCUT2D eigenvalue weighted by Gasteiger charge is 2.53. The van der Waals surface area contributed by atoms with Gasteiger partial charge in [0.25, 0.3) is 0 Å². The van der Waals surface area contributed by atoms with E-state index in [2.05, 4.69) is 0 Å². The van der Waals surface area contributed by atoms with Crippen molar-refractivity contribution in [3.05, 3.63) is 0 Å². The van der Waals surface area contributed by atoms with Gasteiger partial charge in [0.1, 0.15) is 0 Å². The maximum atomic E-state index is 11.2. The van der Waals surface area contributed by atoms with Crippen LogP contribution in [-0.2, 0) is 14.6 Å². The predicted octanol–water partition coefficient (Wildman–Crippen LogP) is -0.960. The van der Waals surface area contributed by atoms with E-state index >= 15 is 0 Å². The minimum absolute atomic E-state index is 0.0208. The zero-order valence-electron chi connectivity index (χ0n) is 6.69. The molecule has 0 spiro atoms. The van der Waals surface area contributed by atoms with E-state index < -0.39 is 15.3 Å². The monoisotopic (exact) mass is 192 g/mol. The molecule has 0 aromatic carbocycles. The Kier molecular flexibility index (Phi) is 1.72. The first kappa shape index (κ1) is 8.47. The summed E-state index contributed by atoms with van der Waals surface area (Å²) in [5.74, 6) is 0.307. The molecule has 0 radical (unpaired) electrons. The van der Waals surface area contributed by atoms with Gasteiger partial charge in [0, 0.05) is 11.3 Å². The van der Waals surface area contributed by atoms with Crippen LogP contribution in [0, 0.1) is 11.3 Å². The molecule has 0 bridgehead atoms. The molecule has 2 unspecified atom stereocenters. The van der Waals surface area contributed by atoms with Crippen molar-refractivity contribution < 1.29 is 18.3 Å². The van der Waals surface area contributed by atoms with Crippen LogP contribution in [0.3, 0.4) is 0 Å². The van der Waals surface area contributed by atoms with Gasteiger partial charge in [-0.1, -0.05) is 0 Å². The Morgan fingerprint density at radius 2 is 2.33 bits per heavy atom. The quantitative estimate of drug-likeness (QED) is 0.581. The number of rotatable bonds is 1. The van der Waals surface area contributed by atoms with Gasteiger partial charge in [-0.25, -0.2) is 8.42 Å². The Morgan fingerprint density at radius 1 is 1.58 bits per heavy atom. The second-order valence-electron chi connectivity index (χ2n) is 3.79. The summed E-state index contributed by atoms with van der Waals surface area (Å²) in [6.45, 7) is 0.810. The summed E-state index contributed by atoms with van der Waals surface area (Å²) in [4.78, 5) is 0. The van der Waals surface area contributed by atoms with Crippen molar-refractivity contribution in [2.75, 3.05) is 31.3 Å². The lowest BCUT2D eigenvalue weighted by atomic mass is 9.82. The maximum absolute atomic E-state index is 11.2. The molecule has 0 saturated carbocycles. The smallest absolute Gasteiger partial charge is 0.151 e. The van der Waals surface area contributed by atoms with Gasteiger partial charge in [-0.3, -0.25) is 0 Å². The maximum Gasteiger partial charge on any atom is 0.151 e. The van der Waals surface area contributed by atoms with Crippen molar-refractivity contribution in [3.63, 3.8) is 0 Å². The Labute approximate surface area is 71.5 Å². The molecule has 0 aliphatic carbocycles. The first-order valence-corrected chi connectivity index (χ1v) is 5.79. The molecule has 0 aromatic rings. The number of aliphatic hydroxyl groups is 1. The van der Waals surface area contributed by atoms with Crippen LogP contribution in [0.1, 0.15) is 0 Å². The minimum Gasteiger partial charge on any atom is -0.396 e. The van der Waals surface area contributed by atoms with Gasteiger partial charge in [-0.2, -0.15) is 0 Å². The fraction of sp³-hybridized carbons (Fsp3) is 1.00. The average molecular weight is 192 g/mol. The molecular weight excluding hydrogens is 180 g/mol. The standard InChI is InChI=1S/C7H12O4S/c8-3-7-4-11-1-6(7)2-12(9,10)5-7/h6,8H,1-5H2. The van der Waals surface area contributed by atoms with Crippen molar-refractivity contribution in [2.45, 2.75) is 0 Å². The van der Waals surface area contributed by atoms with Crippen molar-refractivity contribution >= 4 is 9.84 Å². The van der Waals surface area contributed by atoms with E-state index in [0.717, 1.165) is 0 Å². The van der Waals surface area contributed by atoms with Crippen LogP contribution in [0.15, 0.2) is 0 Å². The second-order valence-corrected chi connectivity index (χ2v) is 5.90. The lowest BCUT2D eigenvalue weighted by Crippen LogP contribution is -2.32. The highest BCUT2D eigenvalue weighted by molar-refractivity contribution is 7.91. The molecule has 70 valence electrons. The molecule has 5 heteroatoms. The van der Waals surface area contributed by atoms with E-state index in [-0.39, 0.29) is 24.0 Å². The SMILES string of the molecule is O=S1(=O)CC2COCC2(CO)C1. The van der Waals surface area contributed by atoms with Gasteiger partial charge >= 0.3 is 0 Å². The molecule has 12 heavy (non-hydrogen) atoms. The van der Waals surface area contributed by atoms with E-state index in [1.54, 1.807) is 0 Å². The summed E-state index contributed by atoms with van der Waals surface area (Å²) < 4.78 is 27.7. The van der Waals surface area contributed by atoms with E-state index in [1.807, 2.05) is 0 Å². The van der Waals surface area contributed by atoms with E-state index in [1.165, 1.54) is 0 Å². The predicted molar refractivity (Wildman–Crippen MR) is 42.5 cm³/mol. The van der Waals surface area contributed by atoms with Crippen LogP contribution in [0.25, 0.3) is 0 Å². The minimum atomic E-state index is -2.92. The lowest BCUT2D eigenvalue weighted by Gasteiger charge is -2.21. The van der Waals surface area contributed by atoms with Crippen molar-refractivity contribution in [2.24, 2.45) is 11.3 Å². The van der Waals surface area contributed by atoms with Crippen LogP contribution >= 0.6 is 0 Å². The molecule has 0 aromatic heterocycles. The summed E-state index contributed by atoms with van der Waals surface area (Å²) in [7, 11) is -2.92. The Hall–Kier alpha value is -0.130. The van der Waals surface area contributed by atoms with E-state index in [4.69, 9.17) is 9.84 Å². The Morgan fingerprint density at radius 3 is 2.92 bits per heavy atom. The first-order valence-electron chi connectivity index (χ1n) is 3.97. The molecule has 2 rings (SSSR count). The third-order valence-corrected chi connectivity index (χ3v) is 4.78. The van der Waals surface area contributed by atoms with Gasteiger partial charge in [0.05, 0.1) is 31.3 Å². The Bertz CT molecular complexity index is 284. The van der Waals surface area contributed by atoms with Crippen molar-refractivity contribution in [3.8, 4) is 0 Å². The topological polar surface area (TPSA) is 63.6 Å². The van der Waals surface area contributed by atoms with Gasteiger partial charge in [0.15, 0.2) is 9.84 Å². The zero-order chi connectivity index (χ0) is 8.82. The largest absolute Gasteiger partial charge is 0.396 e. The average Bonchev–Trinajstić information content (AvgIpc) is 2.40. The third-order valence-electron chi connectivity index (χ3n) is 2.85. The van der Waals surface area contributed by atoms with Crippen LogP contribution in [-0.4, -0.2) is 44.9 Å². The highest BCUT2D eigenvalue weighted by Crippen LogP contribution is 2.41. The lowest BCUT2D eigenvalue weighted by molar-refractivity contribution is 0.104. The number of ether oxygens (including phenoxy) is 1. The normalized spacial score (nSPS) is 44.6. The summed E-state index contributed by atoms with van der Waals surface area (Å²) in [6.07, 6.45) is 0. The zero-order valence-corrected chi connectivity index (χ0v) is 7.51. The molecule has 2 aliphatic heterocycles. The summed E-state index contributed by atoms with van der Waals surface area (Å²) in [5, 5.41) is 9.11. The molecule has 2 atom stereocenters. The summed E-state index contributed by atoms with van der Waals surface area (Å²) >= 11 is 0. The Balaban J connectivity index is 2.32. The molecule has 1 N–H and O–H groups in total. The summed E-state index contributed by atoms with van der Waals surface area (Å²) in [5.41, 5.74) is -0.473. The van der Waals surface area contributed by atoms with Crippen LogP contribution < -0.4 is 0 Å². The van der Waals surface area contributed by atoms with Gasteiger partial charge in [-0.05, 0) is 0 Å². The van der Waals surface area contributed by atoms with E-state index in [9.17, 15) is 8.42 Å². The van der Waals surface area contributed by atoms with Crippen LogP contribution in [0.2, 0.25) is 0 Å². The molecule has 0 amide bonds. The molecule has 4 nitrogen and oxygen atoms in total. The van der Waals surface area contributed by atoms with Gasteiger partial charge in [-0.15, -0.1) is 0 Å². The van der Waals surface area contributed by atoms with E-state index in [0.29, 0.717) is 13.2 Å². The number of sulfone groups is 1. The van der Waals surface area contributed by atoms with Crippen molar-refractivity contribution in [1.82, 2.24) is 0 Å². The third kappa shape index (κ3) is 1.08. The fourth-order valence-corrected chi connectivity index (χ4v) is 4.57. The first-order chi connectivity index (χ1) is 5.58. The number of aliphatic hydroxyl groups excluding tert-OH is 1. The molecule has 2 heterocycles. The second kappa shape index (κ2) is 2.43. The molecule has 2 saturated heterocycles. The molecule has 2 fully saturated rings. The van der Waals surface area contributed by atoms with Crippen molar-refractivity contribution in [1.29, 1.82) is 0 Å². The van der Waals surface area contributed by atoms with Gasteiger partial charge in [0.2, 0.25) is 0 Å². The molecular formula is C7H12O4S. The van der Waals surface area contributed by atoms with Crippen LogP contribution in [0.5, 0.6) is 0 Å². The summed E-state index contributed by atoms with van der Waals surface area (Å²) in [6, 6.07) is 0. The van der Waals surface area contributed by atoms with Gasteiger partial charge < -0.3 is 9.84 Å². The molecule has 2 aliphatic rings. The fourth-order valence-electron chi connectivity index (χ4n) is 2.11. The number of fused-ring (bicyclic) bond motifs is 1.